The van der Waals surface area contributed by atoms with Crippen molar-refractivity contribution in [1.82, 2.24) is 45.5 Å². The summed E-state index contributed by atoms with van der Waals surface area (Å²) in [7, 11) is 0. The number of ether oxygens (including phenoxy) is 8. The van der Waals surface area contributed by atoms with Gasteiger partial charge in [0.25, 0.3) is 17.4 Å². The molecule has 0 spiro atoms. The van der Waals surface area contributed by atoms with E-state index in [4.69, 9.17) is 42.9 Å². The highest BCUT2D eigenvalue weighted by atomic mass is 16.6. The summed E-state index contributed by atoms with van der Waals surface area (Å²) in [5.41, 5.74) is 1.00. The van der Waals surface area contributed by atoms with Crippen molar-refractivity contribution in [2.45, 2.75) is 141 Å². The van der Waals surface area contributed by atoms with Crippen molar-refractivity contribution in [3.05, 3.63) is 69.0 Å². The molecule has 2 saturated heterocycles. The molecule has 5 aliphatic rings. The van der Waals surface area contributed by atoms with E-state index >= 15 is 0 Å². The first-order valence-corrected chi connectivity index (χ1v) is 32.5. The van der Waals surface area contributed by atoms with E-state index < -0.39 is 53.6 Å². The number of imide groups is 1. The second-order valence-corrected chi connectivity index (χ2v) is 23.2. The minimum atomic E-state index is -2.07. The molecule has 502 valence electrons. The van der Waals surface area contributed by atoms with Gasteiger partial charge in [-0.05, 0) is 120 Å². The van der Waals surface area contributed by atoms with Gasteiger partial charge in [0.05, 0.1) is 75.3 Å². The maximum absolute atomic E-state index is 14.5. The Labute approximate surface area is 535 Å². The average molecular weight is 1280 g/mol. The topological polar surface area (TPSA) is 320 Å². The van der Waals surface area contributed by atoms with Crippen LogP contribution in [0, 0.1) is 0 Å². The zero-order chi connectivity index (χ0) is 65.4. The number of carbonyl (C=O) groups excluding carboxylic acids is 9. The number of cyclic esters (lactones) is 1. The molecule has 27 nitrogen and oxygen atoms in total. The first kappa shape index (κ1) is 70.2. The Morgan fingerprint density at radius 2 is 1.41 bits per heavy atom. The maximum atomic E-state index is 14.5. The first-order valence-electron chi connectivity index (χ1n) is 32.5. The minimum Gasteiger partial charge on any atom is -0.457 e. The molecule has 4 N–H and O–H groups in total. The number of aryl methyl sites for hydroxylation is 1. The molecule has 7 amide bonds. The number of likely N-dealkylation sites (tertiary alicyclic amines) is 2. The molecule has 92 heavy (non-hydrogen) atoms. The molecule has 1 aromatic carbocycles. The molecule has 0 radical (unpaired) electrons. The fourth-order valence-electron chi connectivity index (χ4n) is 12.2. The molecule has 27 heteroatoms. The van der Waals surface area contributed by atoms with E-state index in [1.807, 2.05) is 19.9 Å². The van der Waals surface area contributed by atoms with Gasteiger partial charge < -0.3 is 73.5 Å². The Hall–Kier alpha value is -7.69. The summed E-state index contributed by atoms with van der Waals surface area (Å²) in [6.45, 7) is 10.4. The molecular formula is C65H89N9O18. The van der Waals surface area contributed by atoms with Gasteiger partial charge in [-0.15, -0.1) is 0 Å². The van der Waals surface area contributed by atoms with Crippen LogP contribution in [0.5, 0.6) is 5.75 Å². The predicted octanol–water partition coefficient (Wildman–Crippen LogP) is 3.23. The standard InChI is InChI=1S/C65H89N9O18/c1-4-46-47-37-45(91-64(84)72-28-21-44(22-29-72)71-25-12-8-13-26-71)17-18-51(47)70-60-48(46)40-74-53(60)38-50-49(62(74)82)41-90-63(83)65(50,5-2)92-59(80)39-68-61(81)52(69-56(77)43-89-35-31-85-6-3)15-10-11-23-66-55(76)42-88-36-34-87-33-32-86-30-24-67-54(75)16-9-7-14-27-73-57(78)19-20-58(73)79/h17-20,37-38,44,52H,4-16,21-36,39-43H2,1-3H3,(H,66,76)(H,67,75)(H,68,81)(H,69,77)/t52?,65-/m0/s1. The Kier molecular flexibility index (Phi) is 27.0. The van der Waals surface area contributed by atoms with E-state index in [9.17, 15) is 47.9 Å². The largest absolute Gasteiger partial charge is 0.457 e. The number of unbranched alkanes of at least 4 members (excludes halogenated alkanes) is 3. The molecule has 0 bridgehead atoms. The van der Waals surface area contributed by atoms with E-state index in [-0.39, 0.29) is 120 Å². The quantitative estimate of drug-likeness (QED) is 0.0286. The van der Waals surface area contributed by atoms with Crippen LogP contribution in [-0.4, -0.2) is 208 Å². The SMILES string of the molecule is CCOCCOCC(=O)NC(CCCCNC(=O)COCCOCCOCCNC(=O)CCCCCN1C(=O)C=CC1=O)C(=O)NCC(=O)O[C@]1(CC)C(=O)OCc2c1cc1n(c2=O)Cc2c-1nc1ccc(OC(=O)N3CCC(N4CCCCC4)CC3)cc1c2CC. The van der Waals surface area contributed by atoms with Crippen molar-refractivity contribution in [2.75, 3.05) is 118 Å². The van der Waals surface area contributed by atoms with Crippen molar-refractivity contribution in [3.63, 3.8) is 0 Å². The van der Waals surface area contributed by atoms with Gasteiger partial charge in [-0.1, -0.05) is 26.7 Å². The van der Waals surface area contributed by atoms with Crippen molar-refractivity contribution in [3.8, 4) is 17.1 Å². The number of carbonyl (C=O) groups is 9. The van der Waals surface area contributed by atoms with Crippen LogP contribution in [0.4, 0.5) is 4.79 Å². The van der Waals surface area contributed by atoms with Crippen LogP contribution in [0.1, 0.15) is 126 Å². The lowest BCUT2D eigenvalue weighted by atomic mass is 9.85. The number of aromatic nitrogens is 2. The summed E-state index contributed by atoms with van der Waals surface area (Å²) in [6, 6.07) is 6.30. The molecule has 8 rings (SSSR count). The van der Waals surface area contributed by atoms with Gasteiger partial charge in [0.1, 0.15) is 38.2 Å². The van der Waals surface area contributed by atoms with Gasteiger partial charge in [-0.25, -0.2) is 14.6 Å². The summed E-state index contributed by atoms with van der Waals surface area (Å²) in [5.74, 6) is -3.95. The van der Waals surface area contributed by atoms with Gasteiger partial charge in [0.2, 0.25) is 29.2 Å². The summed E-state index contributed by atoms with van der Waals surface area (Å²) >= 11 is 0. The molecule has 2 fully saturated rings. The number of pyridine rings is 2. The van der Waals surface area contributed by atoms with Crippen molar-refractivity contribution < 1.29 is 81.0 Å². The van der Waals surface area contributed by atoms with Crippen molar-refractivity contribution in [1.29, 1.82) is 0 Å². The van der Waals surface area contributed by atoms with Gasteiger partial charge in [0.15, 0.2) is 0 Å². The third kappa shape index (κ3) is 19.0. The number of nitrogens with one attached hydrogen (secondary N) is 4. The summed E-state index contributed by atoms with van der Waals surface area (Å²) in [4.78, 5) is 141. The Morgan fingerprint density at radius 3 is 2.13 bits per heavy atom. The van der Waals surface area contributed by atoms with Crippen LogP contribution in [-0.2, 0) is 96.7 Å². The van der Waals surface area contributed by atoms with Crippen molar-refractivity contribution in [2.24, 2.45) is 0 Å². The number of rotatable bonds is 37. The molecule has 7 heterocycles. The second-order valence-electron chi connectivity index (χ2n) is 23.2. The monoisotopic (exact) mass is 1280 g/mol. The normalized spacial score (nSPS) is 17.4. The number of nitrogens with zero attached hydrogens (tertiary/aromatic N) is 5. The van der Waals surface area contributed by atoms with Crippen molar-refractivity contribution >= 4 is 64.4 Å². The van der Waals surface area contributed by atoms with Crippen LogP contribution in [0.3, 0.4) is 0 Å². The number of hydrogen-bond donors (Lipinski definition) is 4. The molecule has 0 saturated carbocycles. The smallest absolute Gasteiger partial charge is 0.415 e. The molecule has 1 unspecified atom stereocenters. The second kappa shape index (κ2) is 35.4. The highest BCUT2D eigenvalue weighted by molar-refractivity contribution is 6.12. The lowest BCUT2D eigenvalue weighted by Gasteiger charge is -2.39. The van der Waals surface area contributed by atoms with Crippen LogP contribution >= 0.6 is 0 Å². The molecule has 2 aromatic heterocycles. The molecule has 0 aliphatic carbocycles. The van der Waals surface area contributed by atoms with E-state index in [2.05, 4.69) is 26.2 Å². The number of benzene rings is 1. The van der Waals surface area contributed by atoms with Gasteiger partial charge in [0, 0.05) is 80.5 Å². The highest BCUT2D eigenvalue weighted by Crippen LogP contribution is 2.42. The van der Waals surface area contributed by atoms with E-state index in [0.29, 0.717) is 113 Å². The number of fused-ring (bicyclic) bond motifs is 5. The van der Waals surface area contributed by atoms with Gasteiger partial charge in [-0.2, -0.15) is 0 Å². The van der Waals surface area contributed by atoms with Crippen LogP contribution in [0.2, 0.25) is 0 Å². The fraction of sp³-hybridized carbons (Fsp3) is 0.615. The fourth-order valence-corrected chi connectivity index (χ4v) is 12.2. The van der Waals surface area contributed by atoms with Gasteiger partial charge >= 0.3 is 18.0 Å². The third-order valence-electron chi connectivity index (χ3n) is 17.1. The van der Waals surface area contributed by atoms with E-state index in [1.54, 1.807) is 34.6 Å². The molecular weight excluding hydrogens is 1190 g/mol. The lowest BCUT2D eigenvalue weighted by molar-refractivity contribution is -0.189. The lowest BCUT2D eigenvalue weighted by Crippen LogP contribution is -2.51. The van der Waals surface area contributed by atoms with Crippen LogP contribution < -0.4 is 31.6 Å². The number of hydrogen-bond acceptors (Lipinski definition) is 20. The zero-order valence-electron chi connectivity index (χ0n) is 53.2. The number of piperidine rings is 2. The Morgan fingerprint density at radius 1 is 0.717 bits per heavy atom. The van der Waals surface area contributed by atoms with E-state index in [1.165, 1.54) is 36.3 Å². The molecule has 2 atom stereocenters. The van der Waals surface area contributed by atoms with Crippen LogP contribution in [0.25, 0.3) is 22.3 Å². The summed E-state index contributed by atoms with van der Waals surface area (Å²) < 4.78 is 46.2. The minimum absolute atomic E-state index is 0.104. The summed E-state index contributed by atoms with van der Waals surface area (Å²) in [5, 5.41) is 11.5. The highest BCUT2D eigenvalue weighted by Gasteiger charge is 2.51. The molecule has 3 aromatic rings. The predicted molar refractivity (Wildman–Crippen MR) is 333 cm³/mol. The van der Waals surface area contributed by atoms with Gasteiger partial charge in [-0.3, -0.25) is 43.3 Å². The first-order chi connectivity index (χ1) is 44.6. The van der Waals surface area contributed by atoms with E-state index in [0.717, 1.165) is 42.4 Å². The average Bonchev–Trinajstić information content (AvgIpc) is 1.46. The number of esters is 2. The Bertz CT molecular complexity index is 3180. The molecule has 5 aliphatic heterocycles. The third-order valence-corrected chi connectivity index (χ3v) is 17.1. The van der Waals surface area contributed by atoms with Crippen LogP contribution in [0.15, 0.2) is 41.2 Å². The zero-order valence-corrected chi connectivity index (χ0v) is 53.2. The number of amides is 7. The maximum Gasteiger partial charge on any atom is 0.415 e. The Balaban J connectivity index is 0.774. The summed E-state index contributed by atoms with van der Waals surface area (Å²) in [6.07, 6.45) is 11.2.